The summed E-state index contributed by atoms with van der Waals surface area (Å²) in [7, 11) is 0. The quantitative estimate of drug-likeness (QED) is 0.331. The molecule has 3 rings (SSSR count). The molecule has 0 aliphatic heterocycles. The summed E-state index contributed by atoms with van der Waals surface area (Å²) in [6.07, 6.45) is 1.68. The van der Waals surface area contributed by atoms with E-state index in [0.29, 0.717) is 10.8 Å². The molecule has 0 bridgehead atoms. The Balaban J connectivity index is 1.57. The van der Waals surface area contributed by atoms with Crippen molar-refractivity contribution in [1.82, 2.24) is 9.99 Å². The maximum absolute atomic E-state index is 12.0. The smallest absolute Gasteiger partial charge is 0.250 e. The number of halogens is 2. The van der Waals surface area contributed by atoms with Crippen LogP contribution < -0.4 is 5.43 Å². The van der Waals surface area contributed by atoms with Gasteiger partial charge in [0, 0.05) is 37.9 Å². The summed E-state index contributed by atoms with van der Waals surface area (Å²) in [6.45, 7) is 4.05. The molecule has 0 saturated carbocycles. The van der Waals surface area contributed by atoms with E-state index >= 15 is 0 Å². The van der Waals surface area contributed by atoms with Gasteiger partial charge in [-0.25, -0.2) is 5.43 Å². The lowest BCUT2D eigenvalue weighted by Crippen LogP contribution is -2.19. The molecule has 2 aromatic carbocycles. The minimum absolute atomic E-state index is 0.123. The predicted molar refractivity (Wildman–Crippen MR) is 126 cm³/mol. The number of rotatable bonds is 7. The average Bonchev–Trinajstić information content (AvgIpc) is 2.97. The maximum Gasteiger partial charge on any atom is 0.250 e. The van der Waals surface area contributed by atoms with Gasteiger partial charge in [0.2, 0.25) is 5.91 Å². The number of thioether (sulfide) groups is 1. The van der Waals surface area contributed by atoms with Gasteiger partial charge in [0.05, 0.1) is 12.0 Å². The van der Waals surface area contributed by atoms with Gasteiger partial charge in [-0.1, -0.05) is 51.8 Å². The summed E-state index contributed by atoms with van der Waals surface area (Å²) in [5.74, 6) is 0.987. The van der Waals surface area contributed by atoms with Crippen LogP contribution in [-0.4, -0.2) is 22.4 Å². The zero-order chi connectivity index (χ0) is 20.8. The van der Waals surface area contributed by atoms with Gasteiger partial charge in [-0.05, 0) is 49.7 Å². The molecule has 0 saturated heterocycles. The second-order valence-corrected chi connectivity index (χ2v) is 8.80. The lowest BCUT2D eigenvalue weighted by atomic mass is 10.2. The normalized spacial score (nSPS) is 11.2. The largest absolute Gasteiger partial charge is 0.318 e. The zero-order valence-electron chi connectivity index (χ0n) is 16.2. The first-order chi connectivity index (χ1) is 14.0. The number of benzene rings is 2. The molecule has 1 N–H and O–H groups in total. The summed E-state index contributed by atoms with van der Waals surface area (Å²) >= 11 is 11.2. The van der Waals surface area contributed by atoms with Gasteiger partial charge in [0.1, 0.15) is 0 Å². The molecule has 0 aliphatic rings. The minimum atomic E-state index is -0.123. The number of carbonyl (C=O) groups excluding carboxylic acids is 1. The predicted octanol–water partition coefficient (Wildman–Crippen LogP) is 5.89. The van der Waals surface area contributed by atoms with Gasteiger partial charge < -0.3 is 4.57 Å². The first-order valence-corrected chi connectivity index (χ1v) is 11.4. The molecule has 0 unspecified atom stereocenters. The topological polar surface area (TPSA) is 46.4 Å². The Labute approximate surface area is 188 Å². The first kappa shape index (κ1) is 21.7. The number of aryl methyl sites for hydroxylation is 1. The van der Waals surface area contributed by atoms with Crippen LogP contribution in [0.25, 0.3) is 5.69 Å². The zero-order valence-corrected chi connectivity index (χ0v) is 19.3. The fraction of sp³-hybridized carbons (Fsp3) is 0.182. The van der Waals surface area contributed by atoms with Crippen LogP contribution in [0.1, 0.15) is 22.5 Å². The molecular formula is C22H21BrClN3OS. The maximum atomic E-state index is 12.0. The van der Waals surface area contributed by atoms with Gasteiger partial charge >= 0.3 is 0 Å². The highest BCUT2D eigenvalue weighted by Crippen LogP contribution is 2.22. The van der Waals surface area contributed by atoms with Crippen LogP contribution in [0, 0.1) is 13.8 Å². The Bertz CT molecular complexity index is 1050. The van der Waals surface area contributed by atoms with Crippen molar-refractivity contribution in [3.8, 4) is 5.69 Å². The van der Waals surface area contributed by atoms with Gasteiger partial charge in [0.25, 0.3) is 0 Å². The molecule has 0 atom stereocenters. The molecular weight excluding hydrogens is 470 g/mol. The molecule has 3 aromatic rings. The number of aromatic nitrogens is 1. The third-order valence-corrected chi connectivity index (χ3v) is 6.37. The third-order valence-electron chi connectivity index (χ3n) is 4.38. The van der Waals surface area contributed by atoms with E-state index in [9.17, 15) is 4.79 Å². The molecule has 1 aromatic heterocycles. The fourth-order valence-corrected chi connectivity index (χ4v) is 4.62. The van der Waals surface area contributed by atoms with Crippen LogP contribution in [0.2, 0.25) is 5.02 Å². The number of hydrazone groups is 1. The van der Waals surface area contributed by atoms with E-state index in [-0.39, 0.29) is 5.91 Å². The van der Waals surface area contributed by atoms with Crippen molar-refractivity contribution >= 4 is 51.4 Å². The Morgan fingerprint density at radius 1 is 1.21 bits per heavy atom. The van der Waals surface area contributed by atoms with Crippen molar-refractivity contribution in [2.24, 2.45) is 5.10 Å². The Morgan fingerprint density at radius 3 is 2.76 bits per heavy atom. The summed E-state index contributed by atoms with van der Waals surface area (Å²) < 4.78 is 3.17. The molecule has 0 aliphatic carbocycles. The van der Waals surface area contributed by atoms with Crippen molar-refractivity contribution in [2.45, 2.75) is 19.6 Å². The van der Waals surface area contributed by atoms with Gasteiger partial charge in [-0.15, -0.1) is 11.8 Å². The summed E-state index contributed by atoms with van der Waals surface area (Å²) in [5, 5.41) is 4.82. The second-order valence-electron chi connectivity index (χ2n) is 6.52. The highest BCUT2D eigenvalue weighted by molar-refractivity contribution is 9.10. The van der Waals surface area contributed by atoms with E-state index in [4.69, 9.17) is 11.6 Å². The average molecular weight is 491 g/mol. The van der Waals surface area contributed by atoms with Crippen LogP contribution in [0.4, 0.5) is 0 Å². The Hall–Kier alpha value is -2.02. The molecule has 0 fully saturated rings. The van der Waals surface area contributed by atoms with Crippen molar-refractivity contribution in [3.05, 3.63) is 86.6 Å². The minimum Gasteiger partial charge on any atom is -0.318 e. The van der Waals surface area contributed by atoms with Crippen LogP contribution >= 0.6 is 39.3 Å². The summed E-state index contributed by atoms with van der Waals surface area (Å²) in [6, 6.07) is 17.8. The van der Waals surface area contributed by atoms with Gasteiger partial charge in [-0.3, -0.25) is 4.79 Å². The SMILES string of the molecule is Cc1cc(/C=N\NC(=O)CSCc2ccccc2Br)c(C)n1-c1cccc(Cl)c1. The number of nitrogens with one attached hydrogen (secondary N) is 1. The standard InChI is InChI=1S/C22H21BrClN3OS/c1-15-10-18(16(2)27(15)20-8-5-7-19(24)11-20)12-25-26-22(28)14-29-13-17-6-3-4-9-21(17)23/h3-12H,13-14H2,1-2H3,(H,26,28)/b25-12-. The molecule has 0 spiro atoms. The first-order valence-electron chi connectivity index (χ1n) is 9.03. The van der Waals surface area contributed by atoms with Gasteiger partial charge in [-0.2, -0.15) is 5.10 Å². The number of nitrogens with zero attached hydrogens (tertiary/aromatic N) is 2. The van der Waals surface area contributed by atoms with E-state index in [0.717, 1.165) is 32.9 Å². The van der Waals surface area contributed by atoms with E-state index < -0.39 is 0 Å². The monoisotopic (exact) mass is 489 g/mol. The molecule has 1 heterocycles. The van der Waals surface area contributed by atoms with E-state index in [1.807, 2.05) is 68.4 Å². The number of hydrogen-bond donors (Lipinski definition) is 1. The van der Waals surface area contributed by atoms with Crippen molar-refractivity contribution < 1.29 is 4.79 Å². The van der Waals surface area contributed by atoms with E-state index in [1.165, 1.54) is 5.56 Å². The lowest BCUT2D eigenvalue weighted by Gasteiger charge is -2.09. The third kappa shape index (κ3) is 5.75. The fourth-order valence-electron chi connectivity index (χ4n) is 3.01. The Morgan fingerprint density at radius 2 is 2.00 bits per heavy atom. The molecule has 150 valence electrons. The van der Waals surface area contributed by atoms with Crippen LogP contribution in [-0.2, 0) is 10.5 Å². The number of carbonyl (C=O) groups is 1. The molecule has 0 radical (unpaired) electrons. The highest BCUT2D eigenvalue weighted by atomic mass is 79.9. The van der Waals surface area contributed by atoms with Crippen LogP contribution in [0.3, 0.4) is 0 Å². The number of hydrogen-bond acceptors (Lipinski definition) is 3. The lowest BCUT2D eigenvalue weighted by molar-refractivity contribution is -0.118. The van der Waals surface area contributed by atoms with Crippen molar-refractivity contribution in [2.75, 3.05) is 5.75 Å². The highest BCUT2D eigenvalue weighted by Gasteiger charge is 2.10. The molecule has 1 amide bonds. The van der Waals surface area contributed by atoms with Crippen molar-refractivity contribution in [1.29, 1.82) is 0 Å². The number of amides is 1. The molecule has 29 heavy (non-hydrogen) atoms. The van der Waals surface area contributed by atoms with Gasteiger partial charge in [0.15, 0.2) is 0 Å². The van der Waals surface area contributed by atoms with Crippen LogP contribution in [0.5, 0.6) is 0 Å². The van der Waals surface area contributed by atoms with E-state index in [1.54, 1.807) is 18.0 Å². The summed E-state index contributed by atoms with van der Waals surface area (Å²) in [5.41, 5.74) is 7.82. The molecule has 7 heteroatoms. The Kier molecular flexibility index (Phi) is 7.58. The van der Waals surface area contributed by atoms with Crippen molar-refractivity contribution in [3.63, 3.8) is 0 Å². The molecule has 4 nitrogen and oxygen atoms in total. The summed E-state index contributed by atoms with van der Waals surface area (Å²) in [4.78, 5) is 12.0. The second kappa shape index (κ2) is 10.1. The van der Waals surface area contributed by atoms with E-state index in [2.05, 4.69) is 31.0 Å². The van der Waals surface area contributed by atoms with Crippen LogP contribution in [0.15, 0.2) is 64.2 Å².